The first-order valence-electron chi connectivity index (χ1n) is 5.71. The van der Waals surface area contributed by atoms with Gasteiger partial charge in [0.25, 0.3) is 0 Å². The monoisotopic (exact) mass is 231 g/mol. The van der Waals surface area contributed by atoms with Gasteiger partial charge in [-0.15, -0.1) is 0 Å². The lowest BCUT2D eigenvalue weighted by Gasteiger charge is -2.05. The fraction of sp³-hybridized carbons (Fsp3) is 0.417. The highest BCUT2D eigenvalue weighted by Crippen LogP contribution is 2.01. The molecule has 0 amide bonds. The third kappa shape index (κ3) is 3.35. The molecule has 0 aromatic carbocycles. The van der Waals surface area contributed by atoms with E-state index in [-0.39, 0.29) is 0 Å². The normalized spacial score (nSPS) is 10.7. The van der Waals surface area contributed by atoms with Gasteiger partial charge in [0.2, 0.25) is 0 Å². The maximum absolute atomic E-state index is 4.33. The second-order valence-electron chi connectivity index (χ2n) is 4.03. The average molecular weight is 231 g/mol. The molecule has 0 aliphatic heterocycles. The van der Waals surface area contributed by atoms with Gasteiger partial charge < -0.3 is 5.32 Å². The zero-order valence-electron chi connectivity index (χ0n) is 10.2. The molecule has 0 saturated carbocycles. The van der Waals surface area contributed by atoms with Crippen molar-refractivity contribution in [1.82, 2.24) is 25.1 Å². The van der Waals surface area contributed by atoms with Gasteiger partial charge in [0.05, 0.1) is 5.69 Å². The Morgan fingerprint density at radius 3 is 2.94 bits per heavy atom. The van der Waals surface area contributed by atoms with Crippen LogP contribution in [0, 0.1) is 6.92 Å². The number of nitrogens with one attached hydrogen (secondary N) is 1. The van der Waals surface area contributed by atoms with E-state index in [4.69, 9.17) is 0 Å². The number of nitrogens with zero attached hydrogens (tertiary/aromatic N) is 4. The van der Waals surface area contributed by atoms with E-state index in [2.05, 4.69) is 33.4 Å². The van der Waals surface area contributed by atoms with Gasteiger partial charge in [-0.25, -0.2) is 4.98 Å². The van der Waals surface area contributed by atoms with Crippen LogP contribution in [0.5, 0.6) is 0 Å². The minimum absolute atomic E-state index is 0.791. The van der Waals surface area contributed by atoms with Gasteiger partial charge in [-0.05, 0) is 18.6 Å². The van der Waals surface area contributed by atoms with E-state index in [0.717, 1.165) is 31.0 Å². The van der Waals surface area contributed by atoms with Crippen molar-refractivity contribution < 1.29 is 0 Å². The van der Waals surface area contributed by atoms with E-state index in [1.54, 1.807) is 11.0 Å². The molecule has 1 N–H and O–H groups in total. The molecule has 0 aliphatic carbocycles. The van der Waals surface area contributed by atoms with Gasteiger partial charge in [0.1, 0.15) is 6.33 Å². The molecule has 0 bridgehead atoms. The quantitative estimate of drug-likeness (QED) is 0.775. The molecule has 2 aromatic rings. The molecule has 5 nitrogen and oxygen atoms in total. The third-order valence-electron chi connectivity index (χ3n) is 2.58. The predicted molar refractivity (Wildman–Crippen MR) is 65.4 cm³/mol. The van der Waals surface area contributed by atoms with Crippen LogP contribution in [0.3, 0.4) is 0 Å². The Morgan fingerprint density at radius 1 is 1.35 bits per heavy atom. The van der Waals surface area contributed by atoms with E-state index in [0.29, 0.717) is 0 Å². The van der Waals surface area contributed by atoms with Crippen LogP contribution in [0.4, 0.5) is 0 Å². The fourth-order valence-corrected chi connectivity index (χ4v) is 1.61. The van der Waals surface area contributed by atoms with Gasteiger partial charge in [-0.1, -0.05) is 6.07 Å². The third-order valence-corrected chi connectivity index (χ3v) is 2.58. The Morgan fingerprint density at radius 2 is 2.24 bits per heavy atom. The number of aryl methyl sites for hydroxylation is 2. The Kier molecular flexibility index (Phi) is 3.82. The van der Waals surface area contributed by atoms with Crippen LogP contribution in [0.15, 0.2) is 24.7 Å². The molecule has 0 fully saturated rings. The Balaban J connectivity index is 1.75. The standard InChI is InChI=1S/C12H17N5/c1-10-4-3-6-14-11(10)8-13-7-5-12-15-9-17(2)16-12/h3-4,6,9,13H,5,7-8H2,1-2H3. The van der Waals surface area contributed by atoms with Crippen molar-refractivity contribution in [3.05, 3.63) is 41.7 Å². The molecule has 17 heavy (non-hydrogen) atoms. The van der Waals surface area contributed by atoms with Crippen LogP contribution in [0.2, 0.25) is 0 Å². The summed E-state index contributed by atoms with van der Waals surface area (Å²) in [5.41, 5.74) is 2.32. The van der Waals surface area contributed by atoms with Crippen LogP contribution in [-0.4, -0.2) is 26.3 Å². The lowest BCUT2D eigenvalue weighted by molar-refractivity contribution is 0.650. The molecule has 0 unspecified atom stereocenters. The summed E-state index contributed by atoms with van der Waals surface area (Å²) >= 11 is 0. The summed E-state index contributed by atoms with van der Waals surface area (Å²) in [6.07, 6.45) is 4.38. The molecule has 2 rings (SSSR count). The molecule has 5 heteroatoms. The Hall–Kier alpha value is -1.75. The molecule has 90 valence electrons. The minimum Gasteiger partial charge on any atom is -0.311 e. The predicted octanol–water partition coefficient (Wildman–Crippen LogP) is 0.851. The van der Waals surface area contributed by atoms with Crippen LogP contribution >= 0.6 is 0 Å². The minimum atomic E-state index is 0.791. The lowest BCUT2D eigenvalue weighted by atomic mass is 10.2. The molecule has 2 aromatic heterocycles. The first kappa shape index (κ1) is 11.7. The largest absolute Gasteiger partial charge is 0.311 e. The van der Waals surface area contributed by atoms with Crippen molar-refractivity contribution >= 4 is 0 Å². The maximum Gasteiger partial charge on any atom is 0.151 e. The second kappa shape index (κ2) is 5.54. The molecular weight excluding hydrogens is 214 g/mol. The van der Waals surface area contributed by atoms with Gasteiger partial charge in [0, 0.05) is 32.8 Å². The van der Waals surface area contributed by atoms with Crippen molar-refractivity contribution in [1.29, 1.82) is 0 Å². The Bertz CT molecular complexity index is 477. The first-order chi connectivity index (χ1) is 8.25. The van der Waals surface area contributed by atoms with Crippen molar-refractivity contribution in [2.24, 2.45) is 7.05 Å². The second-order valence-corrected chi connectivity index (χ2v) is 4.03. The first-order valence-corrected chi connectivity index (χ1v) is 5.71. The number of pyridine rings is 1. The molecule has 0 spiro atoms. The zero-order chi connectivity index (χ0) is 12.1. The maximum atomic E-state index is 4.33. The van der Waals surface area contributed by atoms with Gasteiger partial charge in [-0.2, -0.15) is 5.10 Å². The van der Waals surface area contributed by atoms with Gasteiger partial charge in [0.15, 0.2) is 5.82 Å². The zero-order valence-corrected chi connectivity index (χ0v) is 10.2. The fourth-order valence-electron chi connectivity index (χ4n) is 1.61. The summed E-state index contributed by atoms with van der Waals surface area (Å²) < 4.78 is 1.72. The summed E-state index contributed by atoms with van der Waals surface area (Å²) in [4.78, 5) is 8.50. The van der Waals surface area contributed by atoms with Crippen molar-refractivity contribution in [3.8, 4) is 0 Å². The topological polar surface area (TPSA) is 55.6 Å². The number of aromatic nitrogens is 4. The average Bonchev–Trinajstić information content (AvgIpc) is 2.73. The SMILES string of the molecule is Cc1cccnc1CNCCc1ncn(C)n1. The highest BCUT2D eigenvalue weighted by molar-refractivity contribution is 5.17. The number of rotatable bonds is 5. The number of hydrogen-bond acceptors (Lipinski definition) is 4. The molecule has 0 atom stereocenters. The molecule has 2 heterocycles. The lowest BCUT2D eigenvalue weighted by Crippen LogP contribution is -2.18. The van der Waals surface area contributed by atoms with Crippen LogP contribution < -0.4 is 5.32 Å². The summed E-state index contributed by atoms with van der Waals surface area (Å²) in [5, 5.41) is 7.57. The van der Waals surface area contributed by atoms with E-state index < -0.39 is 0 Å². The molecule has 0 saturated heterocycles. The smallest absolute Gasteiger partial charge is 0.151 e. The van der Waals surface area contributed by atoms with Crippen molar-refractivity contribution in [2.75, 3.05) is 6.54 Å². The molecule has 0 radical (unpaired) electrons. The highest BCUT2D eigenvalue weighted by atomic mass is 15.3. The summed E-state index contributed by atoms with van der Waals surface area (Å²) in [6, 6.07) is 4.03. The summed E-state index contributed by atoms with van der Waals surface area (Å²) in [5.74, 6) is 0.873. The molecule has 0 aliphatic rings. The van der Waals surface area contributed by atoms with Crippen LogP contribution in [0.25, 0.3) is 0 Å². The van der Waals surface area contributed by atoms with Crippen molar-refractivity contribution in [2.45, 2.75) is 19.9 Å². The van der Waals surface area contributed by atoms with E-state index >= 15 is 0 Å². The van der Waals surface area contributed by atoms with Gasteiger partial charge >= 0.3 is 0 Å². The Labute approximate surface area is 101 Å². The number of hydrogen-bond donors (Lipinski definition) is 1. The summed E-state index contributed by atoms with van der Waals surface area (Å²) in [6.45, 7) is 3.73. The van der Waals surface area contributed by atoms with Crippen molar-refractivity contribution in [3.63, 3.8) is 0 Å². The van der Waals surface area contributed by atoms with Crippen LogP contribution in [0.1, 0.15) is 17.1 Å². The highest BCUT2D eigenvalue weighted by Gasteiger charge is 2.00. The van der Waals surface area contributed by atoms with Crippen LogP contribution in [-0.2, 0) is 20.0 Å². The molecular formula is C12H17N5. The van der Waals surface area contributed by atoms with E-state index in [9.17, 15) is 0 Å². The van der Waals surface area contributed by atoms with Gasteiger partial charge in [-0.3, -0.25) is 9.67 Å². The van der Waals surface area contributed by atoms with E-state index in [1.807, 2.05) is 19.3 Å². The summed E-state index contributed by atoms with van der Waals surface area (Å²) in [7, 11) is 1.88. The van der Waals surface area contributed by atoms with E-state index in [1.165, 1.54) is 5.56 Å².